The van der Waals surface area contributed by atoms with E-state index >= 15 is 0 Å². The minimum absolute atomic E-state index is 0.234. The SMILES string of the molecule is CCc1cccc(C)c1NC(=O)[C@@H](C)N(c1cc(Cl)cc(Cl)c1)S(C)(=O)=O. The zero-order valence-electron chi connectivity index (χ0n) is 15.6. The number of anilines is 2. The smallest absolute Gasteiger partial charge is 0.248 e. The molecule has 0 aromatic heterocycles. The number of carbonyl (C=O) groups is 1. The minimum atomic E-state index is -3.76. The lowest BCUT2D eigenvalue weighted by Crippen LogP contribution is -2.45. The van der Waals surface area contributed by atoms with Gasteiger partial charge in [0.2, 0.25) is 15.9 Å². The summed E-state index contributed by atoms with van der Waals surface area (Å²) in [7, 11) is -3.76. The van der Waals surface area contributed by atoms with Gasteiger partial charge in [0.15, 0.2) is 0 Å². The van der Waals surface area contributed by atoms with Gasteiger partial charge in [0, 0.05) is 15.7 Å². The molecule has 1 N–H and O–H groups in total. The molecule has 0 aliphatic carbocycles. The van der Waals surface area contributed by atoms with Crippen LogP contribution in [0.1, 0.15) is 25.0 Å². The molecule has 1 amide bonds. The van der Waals surface area contributed by atoms with Crippen LogP contribution in [0.2, 0.25) is 10.0 Å². The quantitative estimate of drug-likeness (QED) is 0.727. The highest BCUT2D eigenvalue weighted by atomic mass is 35.5. The Morgan fingerprint density at radius 1 is 1.19 bits per heavy atom. The lowest BCUT2D eigenvalue weighted by Gasteiger charge is -2.29. The van der Waals surface area contributed by atoms with Gasteiger partial charge in [0.25, 0.3) is 0 Å². The first kappa shape index (κ1) is 21.5. The monoisotopic (exact) mass is 428 g/mol. The number of para-hydroxylation sites is 1. The van der Waals surface area contributed by atoms with Crippen molar-refractivity contribution in [2.75, 3.05) is 15.9 Å². The van der Waals surface area contributed by atoms with Gasteiger partial charge >= 0.3 is 0 Å². The van der Waals surface area contributed by atoms with Crippen LogP contribution < -0.4 is 9.62 Å². The maximum Gasteiger partial charge on any atom is 0.248 e. The molecule has 0 saturated carbocycles. The average molecular weight is 429 g/mol. The van der Waals surface area contributed by atoms with E-state index in [2.05, 4.69) is 5.32 Å². The van der Waals surface area contributed by atoms with Crippen LogP contribution in [0, 0.1) is 6.92 Å². The van der Waals surface area contributed by atoms with Crippen LogP contribution in [-0.2, 0) is 21.2 Å². The fraction of sp³-hybridized carbons (Fsp3) is 0.316. The van der Waals surface area contributed by atoms with Crippen LogP contribution >= 0.6 is 23.2 Å². The van der Waals surface area contributed by atoms with Crippen molar-refractivity contribution >= 4 is 50.5 Å². The van der Waals surface area contributed by atoms with E-state index in [-0.39, 0.29) is 15.7 Å². The third kappa shape index (κ3) is 5.15. The predicted octanol–water partition coefficient (Wildman–Crippen LogP) is 4.66. The lowest BCUT2D eigenvalue weighted by atomic mass is 10.1. The van der Waals surface area contributed by atoms with Crippen LogP contribution in [-0.4, -0.2) is 26.6 Å². The maximum atomic E-state index is 12.9. The molecule has 2 aromatic rings. The Labute approximate surface area is 170 Å². The number of carbonyl (C=O) groups excluding carboxylic acids is 1. The van der Waals surface area contributed by atoms with Gasteiger partial charge in [-0.3, -0.25) is 9.10 Å². The molecule has 146 valence electrons. The molecular weight excluding hydrogens is 407 g/mol. The van der Waals surface area contributed by atoms with E-state index in [4.69, 9.17) is 23.2 Å². The normalized spacial score (nSPS) is 12.5. The summed E-state index contributed by atoms with van der Waals surface area (Å²) in [6.45, 7) is 5.41. The number of aryl methyl sites for hydroxylation is 2. The Morgan fingerprint density at radius 2 is 1.78 bits per heavy atom. The van der Waals surface area contributed by atoms with E-state index in [1.54, 1.807) is 0 Å². The molecule has 2 aromatic carbocycles. The van der Waals surface area contributed by atoms with E-state index in [1.165, 1.54) is 25.1 Å². The van der Waals surface area contributed by atoms with Gasteiger partial charge in [0.05, 0.1) is 11.9 Å². The van der Waals surface area contributed by atoms with E-state index in [0.717, 1.165) is 28.1 Å². The van der Waals surface area contributed by atoms with Crippen molar-refractivity contribution in [3.63, 3.8) is 0 Å². The first-order valence-electron chi connectivity index (χ1n) is 8.39. The maximum absolute atomic E-state index is 12.9. The number of nitrogens with zero attached hydrogens (tertiary/aromatic N) is 1. The molecule has 0 fully saturated rings. The summed E-state index contributed by atoms with van der Waals surface area (Å²) < 4.78 is 25.8. The van der Waals surface area contributed by atoms with E-state index < -0.39 is 22.0 Å². The number of hydrogen-bond acceptors (Lipinski definition) is 3. The van der Waals surface area contributed by atoms with Gasteiger partial charge in [-0.2, -0.15) is 0 Å². The zero-order valence-corrected chi connectivity index (χ0v) is 17.9. The van der Waals surface area contributed by atoms with Crippen LogP contribution in [0.4, 0.5) is 11.4 Å². The standard InChI is InChI=1S/C19H22Cl2N2O3S/c1-5-14-8-6-7-12(2)18(14)22-19(24)13(3)23(27(4,25)26)17-10-15(20)9-16(21)11-17/h6-11,13H,5H2,1-4H3,(H,22,24)/t13-/m1/s1. The Bertz CT molecular complexity index is 941. The molecule has 27 heavy (non-hydrogen) atoms. The van der Waals surface area contributed by atoms with Gasteiger partial charge in [-0.05, 0) is 49.6 Å². The first-order chi connectivity index (χ1) is 12.5. The van der Waals surface area contributed by atoms with Crippen molar-refractivity contribution in [3.05, 3.63) is 57.6 Å². The number of hydrogen-bond donors (Lipinski definition) is 1. The number of nitrogens with one attached hydrogen (secondary N) is 1. The Hall–Kier alpha value is -1.76. The number of halogens is 2. The Morgan fingerprint density at radius 3 is 2.30 bits per heavy atom. The number of benzene rings is 2. The highest BCUT2D eigenvalue weighted by molar-refractivity contribution is 7.92. The molecule has 2 rings (SSSR count). The van der Waals surface area contributed by atoms with E-state index in [1.807, 2.05) is 32.0 Å². The Balaban J connectivity index is 2.42. The van der Waals surface area contributed by atoms with Crippen molar-refractivity contribution in [1.29, 1.82) is 0 Å². The van der Waals surface area contributed by atoms with Crippen LogP contribution in [0.25, 0.3) is 0 Å². The van der Waals surface area contributed by atoms with Gasteiger partial charge < -0.3 is 5.32 Å². The van der Waals surface area contributed by atoms with Crippen molar-refractivity contribution in [3.8, 4) is 0 Å². The second-order valence-electron chi connectivity index (χ2n) is 6.31. The second-order valence-corrected chi connectivity index (χ2v) is 9.05. The van der Waals surface area contributed by atoms with Gasteiger partial charge in [-0.15, -0.1) is 0 Å². The summed E-state index contributed by atoms with van der Waals surface area (Å²) in [6.07, 6.45) is 1.78. The van der Waals surface area contributed by atoms with Gasteiger partial charge in [0.1, 0.15) is 6.04 Å². The summed E-state index contributed by atoms with van der Waals surface area (Å²) in [4.78, 5) is 12.9. The minimum Gasteiger partial charge on any atom is -0.324 e. The molecule has 0 aliphatic rings. The predicted molar refractivity (Wildman–Crippen MR) is 112 cm³/mol. The molecule has 8 heteroatoms. The first-order valence-corrected chi connectivity index (χ1v) is 11.0. The number of rotatable bonds is 6. The van der Waals surface area contributed by atoms with Crippen molar-refractivity contribution < 1.29 is 13.2 Å². The third-order valence-electron chi connectivity index (χ3n) is 4.18. The van der Waals surface area contributed by atoms with Crippen molar-refractivity contribution in [1.82, 2.24) is 0 Å². The molecule has 0 saturated heterocycles. The average Bonchev–Trinajstić information content (AvgIpc) is 2.54. The third-order valence-corrected chi connectivity index (χ3v) is 5.86. The Kier molecular flexibility index (Phi) is 6.78. The summed E-state index contributed by atoms with van der Waals surface area (Å²) in [5, 5.41) is 3.44. The largest absolute Gasteiger partial charge is 0.324 e. The number of sulfonamides is 1. The second kappa shape index (κ2) is 8.50. The van der Waals surface area contributed by atoms with E-state index in [9.17, 15) is 13.2 Å². The van der Waals surface area contributed by atoms with Crippen LogP contribution in [0.3, 0.4) is 0 Å². The molecule has 0 radical (unpaired) electrons. The fourth-order valence-electron chi connectivity index (χ4n) is 2.90. The van der Waals surface area contributed by atoms with Gasteiger partial charge in [-0.25, -0.2) is 8.42 Å². The van der Waals surface area contributed by atoms with Gasteiger partial charge in [-0.1, -0.05) is 48.3 Å². The molecule has 0 heterocycles. The highest BCUT2D eigenvalue weighted by Gasteiger charge is 2.30. The molecule has 1 atom stereocenters. The highest BCUT2D eigenvalue weighted by Crippen LogP contribution is 2.29. The van der Waals surface area contributed by atoms with Crippen molar-refractivity contribution in [2.24, 2.45) is 0 Å². The topological polar surface area (TPSA) is 66.5 Å². The summed E-state index contributed by atoms with van der Waals surface area (Å²) >= 11 is 12.0. The van der Waals surface area contributed by atoms with Crippen LogP contribution in [0.15, 0.2) is 36.4 Å². The molecule has 0 bridgehead atoms. The zero-order chi connectivity index (χ0) is 20.4. The summed E-state index contributed by atoms with van der Waals surface area (Å²) in [5.74, 6) is -0.444. The van der Waals surface area contributed by atoms with Crippen molar-refractivity contribution in [2.45, 2.75) is 33.2 Å². The lowest BCUT2D eigenvalue weighted by molar-refractivity contribution is -0.116. The molecule has 0 aliphatic heterocycles. The molecule has 5 nitrogen and oxygen atoms in total. The molecule has 0 unspecified atom stereocenters. The molecule has 0 spiro atoms. The summed E-state index contributed by atoms with van der Waals surface area (Å²) in [5.41, 5.74) is 2.83. The van der Waals surface area contributed by atoms with E-state index in [0.29, 0.717) is 5.69 Å². The van der Waals surface area contributed by atoms with Crippen LogP contribution in [0.5, 0.6) is 0 Å². The molecular formula is C19H22Cl2N2O3S. The fourth-order valence-corrected chi connectivity index (χ4v) is 4.58. The summed E-state index contributed by atoms with van der Waals surface area (Å²) in [6, 6.07) is 9.16. The number of amides is 1.